The van der Waals surface area contributed by atoms with E-state index in [1.807, 2.05) is 11.0 Å². The zero-order valence-corrected chi connectivity index (χ0v) is 11.8. The van der Waals surface area contributed by atoms with Crippen LogP contribution in [0.4, 0.5) is 0 Å². The van der Waals surface area contributed by atoms with Crippen molar-refractivity contribution in [2.45, 2.75) is 18.9 Å². The number of carbonyl (C=O) groups is 1. The summed E-state index contributed by atoms with van der Waals surface area (Å²) in [6.45, 7) is 4.00. The lowest BCUT2D eigenvalue weighted by atomic mass is 10.0. The summed E-state index contributed by atoms with van der Waals surface area (Å²) in [6, 6.07) is 5.78. The maximum atomic E-state index is 12.7. The molecule has 0 radical (unpaired) electrons. The summed E-state index contributed by atoms with van der Waals surface area (Å²) in [4.78, 5) is 17.2. The lowest BCUT2D eigenvalue weighted by Crippen LogP contribution is -2.41. The number of nitrogens with zero attached hydrogens (tertiary/aromatic N) is 2. The number of fused-ring (bicyclic) bond motifs is 4. The van der Waals surface area contributed by atoms with Gasteiger partial charge in [-0.1, -0.05) is 0 Å². The molecule has 0 saturated carbocycles. The van der Waals surface area contributed by atoms with Gasteiger partial charge in [0.1, 0.15) is 6.26 Å². The van der Waals surface area contributed by atoms with Gasteiger partial charge < -0.3 is 18.6 Å². The summed E-state index contributed by atoms with van der Waals surface area (Å²) in [5.74, 6) is 1.33. The molecule has 0 aromatic carbocycles. The van der Waals surface area contributed by atoms with Gasteiger partial charge in [-0.25, -0.2) is 0 Å². The molecular weight excluding hydrogens is 268 g/mol. The van der Waals surface area contributed by atoms with Crippen LogP contribution in [0.15, 0.2) is 39.6 Å². The van der Waals surface area contributed by atoms with Crippen LogP contribution >= 0.6 is 0 Å². The molecule has 5 rings (SSSR count). The average molecular weight is 286 g/mol. The molecule has 1 amide bonds. The van der Waals surface area contributed by atoms with Crippen LogP contribution in [-0.2, 0) is 0 Å². The lowest BCUT2D eigenvalue weighted by Gasteiger charge is -2.31. The van der Waals surface area contributed by atoms with Crippen LogP contribution in [0.1, 0.15) is 23.2 Å². The molecule has 3 aliphatic heterocycles. The normalized spacial score (nSPS) is 25.0. The van der Waals surface area contributed by atoms with Gasteiger partial charge in [-0.15, -0.1) is 0 Å². The molecule has 2 aromatic rings. The molecule has 3 fully saturated rings. The number of rotatable bonds is 2. The molecule has 0 unspecified atom stereocenters. The van der Waals surface area contributed by atoms with Gasteiger partial charge in [-0.2, -0.15) is 0 Å². The molecule has 5 heteroatoms. The maximum Gasteiger partial charge on any atom is 0.257 e. The highest BCUT2D eigenvalue weighted by Gasteiger charge is 2.32. The number of piperidine rings is 1. The Morgan fingerprint density at radius 3 is 2.71 bits per heavy atom. The Hall–Kier alpha value is -2.01. The van der Waals surface area contributed by atoms with Gasteiger partial charge in [-0.05, 0) is 25.0 Å². The molecule has 5 nitrogen and oxygen atoms in total. The van der Waals surface area contributed by atoms with E-state index in [0.29, 0.717) is 23.1 Å². The smallest absolute Gasteiger partial charge is 0.257 e. The average Bonchev–Trinajstić information content (AvgIpc) is 3.12. The Morgan fingerprint density at radius 2 is 1.95 bits per heavy atom. The molecule has 0 aliphatic carbocycles. The zero-order valence-electron chi connectivity index (χ0n) is 11.8. The predicted octanol–water partition coefficient (Wildman–Crippen LogP) is 2.46. The van der Waals surface area contributed by atoms with E-state index in [2.05, 4.69) is 4.90 Å². The summed E-state index contributed by atoms with van der Waals surface area (Å²) in [6.07, 6.45) is 5.29. The first-order valence-corrected chi connectivity index (χ1v) is 7.47. The summed E-state index contributed by atoms with van der Waals surface area (Å²) in [7, 11) is 0. The SMILES string of the molecule is O=C(c1coc(-c2ccco2)c1)N1CCN2CCC1CC2. The minimum absolute atomic E-state index is 0.0744. The van der Waals surface area contributed by atoms with Crippen molar-refractivity contribution in [1.29, 1.82) is 0 Å². The molecule has 110 valence electrons. The van der Waals surface area contributed by atoms with Gasteiger partial charge in [-0.3, -0.25) is 4.79 Å². The molecule has 0 N–H and O–H groups in total. The van der Waals surface area contributed by atoms with Crippen LogP contribution in [0.5, 0.6) is 0 Å². The monoisotopic (exact) mass is 286 g/mol. The van der Waals surface area contributed by atoms with Crippen LogP contribution in [-0.4, -0.2) is 47.9 Å². The van der Waals surface area contributed by atoms with Crippen molar-refractivity contribution in [3.05, 3.63) is 36.3 Å². The van der Waals surface area contributed by atoms with Gasteiger partial charge in [0, 0.05) is 38.3 Å². The van der Waals surface area contributed by atoms with Crippen LogP contribution in [0.2, 0.25) is 0 Å². The lowest BCUT2D eigenvalue weighted by molar-refractivity contribution is 0.0684. The van der Waals surface area contributed by atoms with Gasteiger partial charge in [0.2, 0.25) is 0 Å². The molecule has 0 atom stereocenters. The third-order valence-electron chi connectivity index (χ3n) is 4.53. The van der Waals surface area contributed by atoms with Gasteiger partial charge in [0.15, 0.2) is 11.5 Å². The van der Waals surface area contributed by atoms with Gasteiger partial charge >= 0.3 is 0 Å². The number of furan rings is 2. The van der Waals surface area contributed by atoms with E-state index in [-0.39, 0.29) is 5.91 Å². The van der Waals surface area contributed by atoms with Gasteiger partial charge in [0.05, 0.1) is 11.8 Å². The summed E-state index contributed by atoms with van der Waals surface area (Å²) < 4.78 is 10.8. The fourth-order valence-corrected chi connectivity index (χ4v) is 3.32. The highest BCUT2D eigenvalue weighted by atomic mass is 16.4. The Kier molecular flexibility index (Phi) is 3.07. The van der Waals surface area contributed by atoms with Crippen LogP contribution < -0.4 is 0 Å². The first-order valence-electron chi connectivity index (χ1n) is 7.47. The number of carbonyl (C=O) groups excluding carboxylic acids is 1. The predicted molar refractivity (Wildman–Crippen MR) is 76.9 cm³/mol. The van der Waals surface area contributed by atoms with Crippen molar-refractivity contribution in [3.63, 3.8) is 0 Å². The summed E-state index contributed by atoms with van der Waals surface area (Å²) >= 11 is 0. The second-order valence-electron chi connectivity index (χ2n) is 5.75. The fraction of sp³-hybridized carbons (Fsp3) is 0.438. The van der Waals surface area contributed by atoms with Crippen molar-refractivity contribution in [3.8, 4) is 11.5 Å². The second kappa shape index (κ2) is 5.07. The molecule has 21 heavy (non-hydrogen) atoms. The molecule has 2 aromatic heterocycles. The Bertz CT molecular complexity index is 624. The van der Waals surface area contributed by atoms with Crippen molar-refractivity contribution in [2.75, 3.05) is 26.2 Å². The minimum Gasteiger partial charge on any atom is -0.461 e. The molecular formula is C16H18N2O3. The third kappa shape index (κ3) is 2.27. The highest BCUT2D eigenvalue weighted by molar-refractivity contribution is 5.95. The van der Waals surface area contributed by atoms with E-state index in [9.17, 15) is 4.79 Å². The summed E-state index contributed by atoms with van der Waals surface area (Å²) in [5, 5.41) is 0. The van der Waals surface area contributed by atoms with E-state index in [0.717, 1.165) is 39.0 Å². The van der Waals surface area contributed by atoms with E-state index in [1.165, 1.54) is 6.26 Å². The van der Waals surface area contributed by atoms with Crippen molar-refractivity contribution in [2.24, 2.45) is 0 Å². The molecule has 2 bridgehead atoms. The topological polar surface area (TPSA) is 49.8 Å². The van der Waals surface area contributed by atoms with E-state index < -0.39 is 0 Å². The van der Waals surface area contributed by atoms with Crippen molar-refractivity contribution in [1.82, 2.24) is 9.80 Å². The number of amides is 1. The standard InChI is InChI=1S/C16H18N2O3/c19-16(18-8-7-17-5-3-13(18)4-6-17)12-10-15(21-11-12)14-2-1-9-20-14/h1-2,9-11,13H,3-8H2. The largest absolute Gasteiger partial charge is 0.461 e. The van der Waals surface area contributed by atoms with E-state index >= 15 is 0 Å². The first-order chi connectivity index (χ1) is 10.3. The second-order valence-corrected chi connectivity index (χ2v) is 5.75. The zero-order chi connectivity index (χ0) is 14.2. The third-order valence-corrected chi connectivity index (χ3v) is 4.53. The van der Waals surface area contributed by atoms with Crippen molar-refractivity contribution < 1.29 is 13.6 Å². The number of hydrogen-bond acceptors (Lipinski definition) is 4. The maximum absolute atomic E-state index is 12.7. The number of hydrogen-bond donors (Lipinski definition) is 0. The van der Waals surface area contributed by atoms with E-state index in [1.54, 1.807) is 18.4 Å². The molecule has 5 heterocycles. The Labute approximate surface area is 123 Å². The minimum atomic E-state index is 0.0744. The fourth-order valence-electron chi connectivity index (χ4n) is 3.32. The van der Waals surface area contributed by atoms with Crippen LogP contribution in [0.25, 0.3) is 11.5 Å². The molecule has 0 spiro atoms. The first kappa shape index (κ1) is 12.7. The van der Waals surface area contributed by atoms with E-state index in [4.69, 9.17) is 8.83 Å². The Morgan fingerprint density at radius 1 is 1.10 bits per heavy atom. The Balaban J connectivity index is 1.57. The van der Waals surface area contributed by atoms with Crippen LogP contribution in [0.3, 0.4) is 0 Å². The summed E-state index contributed by atoms with van der Waals surface area (Å²) in [5.41, 5.74) is 0.613. The quantitative estimate of drug-likeness (QED) is 0.851. The molecule has 3 saturated heterocycles. The van der Waals surface area contributed by atoms with Crippen molar-refractivity contribution >= 4 is 5.91 Å². The highest BCUT2D eigenvalue weighted by Crippen LogP contribution is 2.26. The molecule has 3 aliphatic rings. The van der Waals surface area contributed by atoms with Crippen LogP contribution in [0, 0.1) is 0 Å². The van der Waals surface area contributed by atoms with Gasteiger partial charge in [0.25, 0.3) is 5.91 Å².